The van der Waals surface area contributed by atoms with Gasteiger partial charge in [0.2, 0.25) is 0 Å². The molecule has 8 heteroatoms. The summed E-state index contributed by atoms with van der Waals surface area (Å²) in [5, 5.41) is 13.7. The number of methoxy groups -OCH3 is 1. The summed E-state index contributed by atoms with van der Waals surface area (Å²) in [6.45, 7) is 1.11. The van der Waals surface area contributed by atoms with Crippen molar-refractivity contribution in [1.82, 2.24) is 10.3 Å². The predicted molar refractivity (Wildman–Crippen MR) is 76.4 cm³/mol. The molecule has 0 atom stereocenters. The Labute approximate surface area is 126 Å². The van der Waals surface area contributed by atoms with Crippen LogP contribution in [0, 0.1) is 15.5 Å². The lowest BCUT2D eigenvalue weighted by Gasteiger charge is -2.15. The van der Waals surface area contributed by atoms with Crippen LogP contribution in [-0.4, -0.2) is 36.1 Å². The van der Waals surface area contributed by atoms with Gasteiger partial charge in [-0.2, -0.15) is 0 Å². The standard InChI is InChI=1S/C13H16ClN3O4/c1-21-5-4-13(2-3-13)8-16-12(18)9-6-11(14)15-7-10(9)17(19)20/h6-7H,2-5,8H2,1H3,(H,16,18). The van der Waals surface area contributed by atoms with Crippen LogP contribution in [0.4, 0.5) is 5.69 Å². The number of aromatic nitrogens is 1. The SMILES string of the molecule is COCCC1(CNC(=O)c2cc(Cl)ncc2[N+](=O)[O-])CC1. The molecule has 1 heterocycles. The Morgan fingerprint density at radius 1 is 1.62 bits per heavy atom. The Morgan fingerprint density at radius 2 is 2.33 bits per heavy atom. The van der Waals surface area contributed by atoms with Gasteiger partial charge < -0.3 is 10.1 Å². The van der Waals surface area contributed by atoms with Crippen LogP contribution in [0.3, 0.4) is 0 Å². The van der Waals surface area contributed by atoms with Crippen molar-refractivity contribution in [2.24, 2.45) is 5.41 Å². The molecule has 1 aromatic rings. The van der Waals surface area contributed by atoms with Crippen LogP contribution >= 0.6 is 11.6 Å². The smallest absolute Gasteiger partial charge is 0.300 e. The van der Waals surface area contributed by atoms with Crippen LogP contribution < -0.4 is 5.32 Å². The van der Waals surface area contributed by atoms with Gasteiger partial charge in [-0.25, -0.2) is 4.98 Å². The maximum Gasteiger partial charge on any atom is 0.300 e. The number of pyridine rings is 1. The predicted octanol–water partition coefficient (Wildman–Crippen LogP) is 2.19. The Hall–Kier alpha value is -1.73. The fourth-order valence-corrected chi connectivity index (χ4v) is 2.28. The zero-order chi connectivity index (χ0) is 15.5. The van der Waals surface area contributed by atoms with Crippen molar-refractivity contribution in [1.29, 1.82) is 0 Å². The van der Waals surface area contributed by atoms with Crippen LogP contribution in [-0.2, 0) is 4.74 Å². The second-order valence-electron chi connectivity index (χ2n) is 5.21. The van der Waals surface area contributed by atoms with E-state index in [0.717, 1.165) is 25.5 Å². The van der Waals surface area contributed by atoms with E-state index in [4.69, 9.17) is 16.3 Å². The summed E-state index contributed by atoms with van der Waals surface area (Å²) in [5.41, 5.74) is -0.349. The molecule has 0 bridgehead atoms. The average Bonchev–Trinajstić information content (AvgIpc) is 3.22. The maximum atomic E-state index is 12.1. The van der Waals surface area contributed by atoms with E-state index in [-0.39, 0.29) is 21.8 Å². The Bertz CT molecular complexity index is 560. The van der Waals surface area contributed by atoms with E-state index in [1.807, 2.05) is 0 Å². The zero-order valence-electron chi connectivity index (χ0n) is 11.6. The Kier molecular flexibility index (Phi) is 4.74. The van der Waals surface area contributed by atoms with Crippen molar-refractivity contribution >= 4 is 23.2 Å². The molecule has 21 heavy (non-hydrogen) atoms. The number of carbonyl (C=O) groups excluding carboxylic acids is 1. The van der Waals surface area contributed by atoms with Crippen molar-refractivity contribution in [3.8, 4) is 0 Å². The number of carbonyl (C=O) groups is 1. The molecule has 0 saturated heterocycles. The molecule has 7 nitrogen and oxygen atoms in total. The maximum absolute atomic E-state index is 12.1. The van der Waals surface area contributed by atoms with Crippen molar-refractivity contribution in [3.63, 3.8) is 0 Å². The van der Waals surface area contributed by atoms with Gasteiger partial charge in [0.05, 0.1) is 4.92 Å². The molecule has 1 aliphatic carbocycles. The first-order valence-corrected chi connectivity index (χ1v) is 6.92. The molecular formula is C13H16ClN3O4. The second kappa shape index (κ2) is 6.36. The van der Waals surface area contributed by atoms with Crippen molar-refractivity contribution in [2.75, 3.05) is 20.3 Å². The van der Waals surface area contributed by atoms with E-state index < -0.39 is 10.8 Å². The molecule has 2 rings (SSSR count). The number of rotatable bonds is 7. The normalized spacial score (nSPS) is 15.5. The highest BCUT2D eigenvalue weighted by molar-refractivity contribution is 6.29. The number of halogens is 1. The molecule has 1 N–H and O–H groups in total. The van der Waals surface area contributed by atoms with Crippen LogP contribution in [0.25, 0.3) is 0 Å². The van der Waals surface area contributed by atoms with Crippen LogP contribution in [0.2, 0.25) is 5.15 Å². The number of nitrogens with one attached hydrogen (secondary N) is 1. The monoisotopic (exact) mass is 313 g/mol. The van der Waals surface area contributed by atoms with Gasteiger partial charge in [-0.1, -0.05) is 11.6 Å². The van der Waals surface area contributed by atoms with Gasteiger partial charge in [0.25, 0.3) is 11.6 Å². The Morgan fingerprint density at radius 3 is 2.90 bits per heavy atom. The van der Waals surface area contributed by atoms with Gasteiger partial charge in [0.1, 0.15) is 16.9 Å². The van der Waals surface area contributed by atoms with Crippen molar-refractivity contribution < 1.29 is 14.5 Å². The highest BCUT2D eigenvalue weighted by atomic mass is 35.5. The first-order valence-electron chi connectivity index (χ1n) is 6.54. The lowest BCUT2D eigenvalue weighted by molar-refractivity contribution is -0.385. The number of amides is 1. The molecule has 1 aromatic heterocycles. The van der Waals surface area contributed by atoms with Gasteiger partial charge >= 0.3 is 0 Å². The first-order chi connectivity index (χ1) is 9.97. The summed E-state index contributed by atoms with van der Waals surface area (Å²) in [5.74, 6) is -0.505. The van der Waals surface area contributed by atoms with Crippen molar-refractivity contribution in [3.05, 3.63) is 33.1 Å². The quantitative estimate of drug-likeness (QED) is 0.473. The van der Waals surface area contributed by atoms with E-state index >= 15 is 0 Å². The number of nitro groups is 1. The fourth-order valence-electron chi connectivity index (χ4n) is 2.12. The summed E-state index contributed by atoms with van der Waals surface area (Å²) in [6.07, 6.45) is 3.91. The summed E-state index contributed by atoms with van der Waals surface area (Å²) >= 11 is 5.71. The summed E-state index contributed by atoms with van der Waals surface area (Å²) in [4.78, 5) is 26.0. The number of ether oxygens (including phenoxy) is 1. The zero-order valence-corrected chi connectivity index (χ0v) is 12.4. The third-order valence-corrected chi connectivity index (χ3v) is 3.92. The molecule has 0 aliphatic heterocycles. The molecule has 1 aliphatic rings. The first kappa shape index (κ1) is 15.7. The van der Waals surface area contributed by atoms with Gasteiger partial charge in [-0.3, -0.25) is 14.9 Å². The molecule has 0 aromatic carbocycles. The number of nitrogens with zero attached hydrogens (tertiary/aromatic N) is 2. The van der Waals surface area contributed by atoms with E-state index in [1.54, 1.807) is 7.11 Å². The van der Waals surface area contributed by atoms with E-state index in [1.165, 1.54) is 6.07 Å². The molecule has 0 spiro atoms. The lowest BCUT2D eigenvalue weighted by atomic mass is 10.0. The molecule has 0 unspecified atom stereocenters. The topological polar surface area (TPSA) is 94.4 Å². The minimum Gasteiger partial charge on any atom is -0.385 e. The largest absolute Gasteiger partial charge is 0.385 e. The number of hydrogen-bond acceptors (Lipinski definition) is 5. The third-order valence-electron chi connectivity index (χ3n) is 3.71. The summed E-state index contributed by atoms with van der Waals surface area (Å²) < 4.78 is 5.05. The minimum absolute atomic E-state index is 0.0475. The molecule has 1 fully saturated rings. The van der Waals surface area contributed by atoms with E-state index in [9.17, 15) is 14.9 Å². The van der Waals surface area contributed by atoms with Gasteiger partial charge in [0, 0.05) is 20.3 Å². The van der Waals surface area contributed by atoms with Crippen LogP contribution in [0.1, 0.15) is 29.6 Å². The van der Waals surface area contributed by atoms with E-state index in [2.05, 4.69) is 10.3 Å². The van der Waals surface area contributed by atoms with Crippen molar-refractivity contribution in [2.45, 2.75) is 19.3 Å². The fraction of sp³-hybridized carbons (Fsp3) is 0.538. The van der Waals surface area contributed by atoms with Gasteiger partial charge in [-0.15, -0.1) is 0 Å². The average molecular weight is 314 g/mol. The second-order valence-corrected chi connectivity index (χ2v) is 5.59. The van der Waals surface area contributed by atoms with E-state index in [0.29, 0.717) is 13.2 Å². The molecule has 0 radical (unpaired) electrons. The molecular weight excluding hydrogens is 298 g/mol. The minimum atomic E-state index is -0.643. The highest BCUT2D eigenvalue weighted by Crippen LogP contribution is 2.48. The van der Waals surface area contributed by atoms with Crippen LogP contribution in [0.15, 0.2) is 12.3 Å². The summed E-state index contributed by atoms with van der Waals surface area (Å²) in [6, 6.07) is 1.21. The lowest BCUT2D eigenvalue weighted by Crippen LogP contribution is -2.31. The molecule has 114 valence electrons. The summed E-state index contributed by atoms with van der Waals surface area (Å²) in [7, 11) is 1.64. The molecule has 1 saturated carbocycles. The highest BCUT2D eigenvalue weighted by Gasteiger charge is 2.42. The number of hydrogen-bond donors (Lipinski definition) is 1. The molecule has 1 amide bonds. The Balaban J connectivity index is 2.04. The third kappa shape index (κ3) is 3.89. The van der Waals surface area contributed by atoms with Gasteiger partial charge in [0.15, 0.2) is 0 Å². The van der Waals surface area contributed by atoms with Gasteiger partial charge in [-0.05, 0) is 30.7 Å². The van der Waals surface area contributed by atoms with Crippen LogP contribution in [0.5, 0.6) is 0 Å².